The van der Waals surface area contributed by atoms with Gasteiger partial charge in [0.2, 0.25) is 0 Å². The monoisotopic (exact) mass is 205 g/mol. The molecule has 80 valence electrons. The molecule has 0 heterocycles. The van der Waals surface area contributed by atoms with Crippen LogP contribution in [0.15, 0.2) is 42.5 Å². The summed E-state index contributed by atoms with van der Waals surface area (Å²) in [5.41, 5.74) is 6.63. The lowest BCUT2D eigenvalue weighted by molar-refractivity contribution is -0.132. The molecule has 0 fully saturated rings. The van der Waals surface area contributed by atoms with Gasteiger partial charge in [-0.25, -0.2) is 4.79 Å². The molecule has 0 radical (unpaired) electrons. The summed E-state index contributed by atoms with van der Waals surface area (Å²) in [4.78, 5) is 10.8. The van der Waals surface area contributed by atoms with Gasteiger partial charge in [0, 0.05) is 11.5 Å². The molecule has 3 heteroatoms. The van der Waals surface area contributed by atoms with Crippen LogP contribution in [-0.4, -0.2) is 17.6 Å². The summed E-state index contributed by atoms with van der Waals surface area (Å²) < 4.78 is 0. The second-order valence-corrected chi connectivity index (χ2v) is 3.37. The molecule has 0 aliphatic heterocycles. The average Bonchev–Trinajstić information content (AvgIpc) is 2.26. The van der Waals surface area contributed by atoms with Crippen LogP contribution in [0, 0.1) is 0 Å². The summed E-state index contributed by atoms with van der Waals surface area (Å²) in [6.07, 6.45) is 0.606. The molecule has 1 aromatic carbocycles. The first-order valence-electron chi connectivity index (χ1n) is 4.84. The van der Waals surface area contributed by atoms with Crippen molar-refractivity contribution in [3.8, 4) is 0 Å². The van der Waals surface area contributed by atoms with Gasteiger partial charge in [-0.3, -0.25) is 0 Å². The van der Waals surface area contributed by atoms with Crippen molar-refractivity contribution >= 4 is 5.97 Å². The fourth-order valence-corrected chi connectivity index (χ4v) is 1.54. The number of hydrogen-bond acceptors (Lipinski definition) is 2. The Labute approximate surface area is 89.2 Å². The number of carbonyl (C=O) groups is 1. The van der Waals surface area contributed by atoms with Gasteiger partial charge in [-0.2, -0.15) is 0 Å². The summed E-state index contributed by atoms with van der Waals surface area (Å²) in [7, 11) is 0. The Bertz CT molecular complexity index is 346. The highest BCUT2D eigenvalue weighted by Gasteiger charge is 2.19. The summed E-state index contributed by atoms with van der Waals surface area (Å²) in [6.45, 7) is 4.04. The number of carboxylic acid groups (broad SMARTS) is 1. The van der Waals surface area contributed by atoms with Crippen LogP contribution < -0.4 is 5.73 Å². The van der Waals surface area contributed by atoms with E-state index in [1.54, 1.807) is 0 Å². The van der Waals surface area contributed by atoms with Gasteiger partial charge in [-0.05, 0) is 18.5 Å². The summed E-state index contributed by atoms with van der Waals surface area (Å²) >= 11 is 0. The smallest absolute Gasteiger partial charge is 0.331 e. The van der Waals surface area contributed by atoms with Crippen molar-refractivity contribution in [1.82, 2.24) is 0 Å². The lowest BCUT2D eigenvalue weighted by atomic mass is 9.89. The summed E-state index contributed by atoms with van der Waals surface area (Å²) in [6, 6.07) is 9.46. The van der Waals surface area contributed by atoms with E-state index >= 15 is 0 Å². The molecule has 0 spiro atoms. The van der Waals surface area contributed by atoms with Crippen molar-refractivity contribution < 1.29 is 9.90 Å². The second kappa shape index (κ2) is 5.32. The Kier molecular flexibility index (Phi) is 4.06. The maximum absolute atomic E-state index is 10.8. The maximum Gasteiger partial charge on any atom is 0.331 e. The highest BCUT2D eigenvalue weighted by atomic mass is 16.4. The molecule has 3 N–H and O–H groups in total. The van der Waals surface area contributed by atoms with Crippen LogP contribution in [-0.2, 0) is 4.79 Å². The SMILES string of the molecule is C=C(C(=O)O)C(CCN)c1ccccc1. The fourth-order valence-electron chi connectivity index (χ4n) is 1.54. The van der Waals surface area contributed by atoms with E-state index in [4.69, 9.17) is 10.8 Å². The van der Waals surface area contributed by atoms with Crippen LogP contribution in [0.1, 0.15) is 17.9 Å². The lowest BCUT2D eigenvalue weighted by Gasteiger charge is -2.16. The van der Waals surface area contributed by atoms with Gasteiger partial charge in [0.05, 0.1) is 0 Å². The summed E-state index contributed by atoms with van der Waals surface area (Å²) in [5.74, 6) is -1.15. The van der Waals surface area contributed by atoms with Crippen molar-refractivity contribution in [2.45, 2.75) is 12.3 Å². The number of hydrogen-bond donors (Lipinski definition) is 2. The van der Waals surface area contributed by atoms with E-state index in [0.29, 0.717) is 13.0 Å². The molecule has 0 aliphatic carbocycles. The summed E-state index contributed by atoms with van der Waals surface area (Å²) in [5, 5.41) is 8.90. The van der Waals surface area contributed by atoms with Crippen molar-refractivity contribution in [2.24, 2.45) is 5.73 Å². The Balaban J connectivity index is 2.93. The van der Waals surface area contributed by atoms with Gasteiger partial charge in [0.25, 0.3) is 0 Å². The normalized spacial score (nSPS) is 12.1. The number of carboxylic acids is 1. The standard InChI is InChI=1S/C12H15NO2/c1-9(12(14)15)11(7-8-13)10-5-3-2-4-6-10/h2-6,11H,1,7-8,13H2,(H,14,15). The molecule has 0 bridgehead atoms. The van der Waals surface area contributed by atoms with Crippen LogP contribution in [0.2, 0.25) is 0 Å². The number of benzene rings is 1. The zero-order valence-electron chi connectivity index (χ0n) is 8.52. The molecular weight excluding hydrogens is 190 g/mol. The molecule has 1 unspecified atom stereocenters. The predicted octanol–water partition coefficient (Wildman–Crippen LogP) is 1.76. The minimum absolute atomic E-state index is 0.186. The molecule has 0 saturated carbocycles. The van der Waals surface area contributed by atoms with Crippen molar-refractivity contribution in [3.05, 3.63) is 48.0 Å². The molecule has 0 aromatic heterocycles. The number of nitrogens with two attached hydrogens (primary N) is 1. The highest BCUT2D eigenvalue weighted by molar-refractivity contribution is 5.87. The molecule has 0 saturated heterocycles. The van der Waals surface area contributed by atoms with Crippen LogP contribution >= 0.6 is 0 Å². The van der Waals surface area contributed by atoms with Gasteiger partial charge in [0.1, 0.15) is 0 Å². The molecule has 1 atom stereocenters. The molecule has 0 aliphatic rings. The van der Waals surface area contributed by atoms with Gasteiger partial charge in [-0.1, -0.05) is 36.9 Å². The first-order valence-corrected chi connectivity index (χ1v) is 4.84. The van der Waals surface area contributed by atoms with E-state index in [9.17, 15) is 4.79 Å². The number of aliphatic carboxylic acids is 1. The topological polar surface area (TPSA) is 63.3 Å². The quantitative estimate of drug-likeness (QED) is 0.720. The van der Waals surface area contributed by atoms with Crippen LogP contribution in [0.3, 0.4) is 0 Å². The van der Waals surface area contributed by atoms with Gasteiger partial charge >= 0.3 is 5.97 Å². The third kappa shape index (κ3) is 2.92. The molecule has 15 heavy (non-hydrogen) atoms. The minimum atomic E-state index is -0.961. The highest BCUT2D eigenvalue weighted by Crippen LogP contribution is 2.26. The lowest BCUT2D eigenvalue weighted by Crippen LogP contribution is -2.14. The van der Waals surface area contributed by atoms with Crippen LogP contribution in [0.5, 0.6) is 0 Å². The predicted molar refractivity (Wildman–Crippen MR) is 59.6 cm³/mol. The molecule has 3 nitrogen and oxygen atoms in total. The third-order valence-electron chi connectivity index (χ3n) is 2.35. The molecular formula is C12H15NO2. The van der Waals surface area contributed by atoms with Crippen molar-refractivity contribution in [2.75, 3.05) is 6.54 Å². The second-order valence-electron chi connectivity index (χ2n) is 3.37. The Morgan fingerprint density at radius 1 is 1.40 bits per heavy atom. The average molecular weight is 205 g/mol. The van der Waals surface area contributed by atoms with Crippen LogP contribution in [0.25, 0.3) is 0 Å². The van der Waals surface area contributed by atoms with Crippen LogP contribution in [0.4, 0.5) is 0 Å². The third-order valence-corrected chi connectivity index (χ3v) is 2.35. The van der Waals surface area contributed by atoms with Gasteiger partial charge < -0.3 is 10.8 Å². The van der Waals surface area contributed by atoms with Gasteiger partial charge in [0.15, 0.2) is 0 Å². The van der Waals surface area contributed by atoms with E-state index in [0.717, 1.165) is 5.56 Å². The van der Waals surface area contributed by atoms with E-state index < -0.39 is 5.97 Å². The van der Waals surface area contributed by atoms with E-state index in [2.05, 4.69) is 6.58 Å². The largest absolute Gasteiger partial charge is 0.478 e. The first-order chi connectivity index (χ1) is 7.16. The van der Waals surface area contributed by atoms with Crippen molar-refractivity contribution in [1.29, 1.82) is 0 Å². The molecule has 1 rings (SSSR count). The minimum Gasteiger partial charge on any atom is -0.478 e. The fraction of sp³-hybridized carbons (Fsp3) is 0.250. The van der Waals surface area contributed by atoms with Gasteiger partial charge in [-0.15, -0.1) is 0 Å². The maximum atomic E-state index is 10.8. The zero-order valence-corrected chi connectivity index (χ0v) is 8.52. The van der Waals surface area contributed by atoms with E-state index in [1.807, 2.05) is 30.3 Å². The Morgan fingerprint density at radius 3 is 2.47 bits per heavy atom. The van der Waals surface area contributed by atoms with E-state index in [1.165, 1.54) is 0 Å². The zero-order chi connectivity index (χ0) is 11.3. The first kappa shape index (κ1) is 11.5. The Morgan fingerprint density at radius 2 is 2.00 bits per heavy atom. The van der Waals surface area contributed by atoms with Crippen molar-refractivity contribution in [3.63, 3.8) is 0 Å². The van der Waals surface area contributed by atoms with E-state index in [-0.39, 0.29) is 11.5 Å². The number of rotatable bonds is 5. The Hall–Kier alpha value is -1.61. The molecule has 1 aromatic rings. The molecule has 0 amide bonds.